The molecule has 1 aromatic heterocycles. The first-order valence-corrected chi connectivity index (χ1v) is 6.65. The zero-order chi connectivity index (χ0) is 12.6. The molecule has 0 aliphatic carbocycles. The third-order valence-electron chi connectivity index (χ3n) is 3.93. The van der Waals surface area contributed by atoms with Crippen LogP contribution in [0.3, 0.4) is 0 Å². The molecule has 3 rings (SSSR count). The fourth-order valence-electron chi connectivity index (χ4n) is 2.98. The zero-order valence-electron chi connectivity index (χ0n) is 11.1. The molecule has 2 aliphatic rings. The second-order valence-corrected chi connectivity index (χ2v) is 5.47. The Morgan fingerprint density at radius 3 is 3.06 bits per heavy atom. The van der Waals surface area contributed by atoms with Gasteiger partial charge in [-0.15, -0.1) is 0 Å². The normalized spacial score (nSPS) is 32.0. The molecule has 2 fully saturated rings. The van der Waals surface area contributed by atoms with Gasteiger partial charge in [-0.05, 0) is 19.8 Å². The Balaban J connectivity index is 1.67. The van der Waals surface area contributed by atoms with Gasteiger partial charge in [0.2, 0.25) is 0 Å². The van der Waals surface area contributed by atoms with Gasteiger partial charge in [-0.1, -0.05) is 0 Å². The van der Waals surface area contributed by atoms with E-state index in [4.69, 9.17) is 9.47 Å². The summed E-state index contributed by atoms with van der Waals surface area (Å²) in [5.41, 5.74) is 2.16. The molecule has 2 saturated heterocycles. The predicted molar refractivity (Wildman–Crippen MR) is 68.7 cm³/mol. The summed E-state index contributed by atoms with van der Waals surface area (Å²) in [5, 5.41) is 7.97. The van der Waals surface area contributed by atoms with Crippen LogP contribution in [0.1, 0.15) is 25.0 Å². The van der Waals surface area contributed by atoms with Crippen LogP contribution >= 0.6 is 0 Å². The van der Waals surface area contributed by atoms with Crippen molar-refractivity contribution in [1.82, 2.24) is 9.78 Å². The first-order valence-electron chi connectivity index (χ1n) is 6.65. The third kappa shape index (κ3) is 2.24. The van der Waals surface area contributed by atoms with Crippen molar-refractivity contribution < 1.29 is 9.47 Å². The molecular weight excluding hydrogens is 230 g/mol. The first kappa shape index (κ1) is 12.0. The quantitative estimate of drug-likeness (QED) is 0.865. The number of nitrogens with one attached hydrogen (secondary N) is 1. The molecule has 100 valence electrons. The third-order valence-corrected chi connectivity index (χ3v) is 3.93. The summed E-state index contributed by atoms with van der Waals surface area (Å²) >= 11 is 0. The number of ether oxygens (including phenoxy) is 2. The Hall–Kier alpha value is -1.07. The number of hydrogen-bond acceptors (Lipinski definition) is 4. The SMILES string of the molecule is Cc1nn(C)cc1NC1CCOC2(CCOC2)C1. The Kier molecular flexibility index (Phi) is 3.03. The summed E-state index contributed by atoms with van der Waals surface area (Å²) < 4.78 is 13.3. The van der Waals surface area contributed by atoms with Crippen molar-refractivity contribution in [3.05, 3.63) is 11.9 Å². The van der Waals surface area contributed by atoms with Gasteiger partial charge in [-0.3, -0.25) is 4.68 Å². The number of rotatable bonds is 2. The van der Waals surface area contributed by atoms with Gasteiger partial charge in [0.25, 0.3) is 0 Å². The Labute approximate surface area is 107 Å². The number of aromatic nitrogens is 2. The van der Waals surface area contributed by atoms with Gasteiger partial charge in [0.05, 0.1) is 23.6 Å². The van der Waals surface area contributed by atoms with E-state index in [2.05, 4.69) is 10.4 Å². The van der Waals surface area contributed by atoms with Gasteiger partial charge >= 0.3 is 0 Å². The Bertz CT molecular complexity index is 424. The molecule has 1 N–H and O–H groups in total. The molecule has 5 heteroatoms. The largest absolute Gasteiger partial charge is 0.379 e. The van der Waals surface area contributed by atoms with Crippen LogP contribution in [0.2, 0.25) is 0 Å². The summed E-state index contributed by atoms with van der Waals surface area (Å²) in [5.74, 6) is 0. The van der Waals surface area contributed by atoms with E-state index in [0.29, 0.717) is 6.04 Å². The Morgan fingerprint density at radius 1 is 1.50 bits per heavy atom. The van der Waals surface area contributed by atoms with Gasteiger partial charge < -0.3 is 14.8 Å². The van der Waals surface area contributed by atoms with Crippen molar-refractivity contribution in [3.63, 3.8) is 0 Å². The second-order valence-electron chi connectivity index (χ2n) is 5.47. The smallest absolute Gasteiger partial charge is 0.0956 e. The number of hydrogen-bond donors (Lipinski definition) is 1. The maximum atomic E-state index is 5.94. The minimum Gasteiger partial charge on any atom is -0.379 e. The van der Waals surface area contributed by atoms with E-state index in [1.165, 1.54) is 0 Å². The average molecular weight is 251 g/mol. The van der Waals surface area contributed by atoms with Gasteiger partial charge in [0, 0.05) is 38.9 Å². The van der Waals surface area contributed by atoms with E-state index >= 15 is 0 Å². The van der Waals surface area contributed by atoms with Crippen LogP contribution < -0.4 is 5.32 Å². The molecule has 5 nitrogen and oxygen atoms in total. The summed E-state index contributed by atoms with van der Waals surface area (Å²) in [4.78, 5) is 0. The fourth-order valence-corrected chi connectivity index (χ4v) is 2.98. The van der Waals surface area contributed by atoms with Gasteiger partial charge in [0.15, 0.2) is 0 Å². The van der Waals surface area contributed by atoms with Crippen LogP contribution in [0.25, 0.3) is 0 Å². The summed E-state index contributed by atoms with van der Waals surface area (Å²) in [6.07, 6.45) is 5.15. The summed E-state index contributed by atoms with van der Waals surface area (Å²) in [7, 11) is 1.95. The topological polar surface area (TPSA) is 48.3 Å². The zero-order valence-corrected chi connectivity index (χ0v) is 11.1. The fraction of sp³-hybridized carbons (Fsp3) is 0.769. The molecule has 1 aromatic rings. The van der Waals surface area contributed by atoms with Gasteiger partial charge in [0.1, 0.15) is 0 Å². The van der Waals surface area contributed by atoms with E-state index in [0.717, 1.165) is 50.5 Å². The highest BCUT2D eigenvalue weighted by Crippen LogP contribution is 2.34. The highest BCUT2D eigenvalue weighted by molar-refractivity contribution is 5.46. The number of nitrogens with zero attached hydrogens (tertiary/aromatic N) is 2. The molecule has 0 bridgehead atoms. The maximum Gasteiger partial charge on any atom is 0.0956 e. The second kappa shape index (κ2) is 4.55. The van der Waals surface area contributed by atoms with Gasteiger partial charge in [-0.25, -0.2) is 0 Å². The minimum absolute atomic E-state index is 0.0357. The summed E-state index contributed by atoms with van der Waals surface area (Å²) in [6, 6.07) is 0.461. The molecule has 1 spiro atoms. The number of anilines is 1. The van der Waals surface area contributed by atoms with Crippen molar-refractivity contribution >= 4 is 5.69 Å². The van der Waals surface area contributed by atoms with Crippen LogP contribution in [-0.2, 0) is 16.5 Å². The maximum absolute atomic E-state index is 5.94. The molecular formula is C13H21N3O2. The Morgan fingerprint density at radius 2 is 2.39 bits per heavy atom. The van der Waals surface area contributed by atoms with E-state index in [1.807, 2.05) is 24.9 Å². The molecule has 0 radical (unpaired) electrons. The van der Waals surface area contributed by atoms with Gasteiger partial charge in [-0.2, -0.15) is 5.10 Å². The average Bonchev–Trinajstić information content (AvgIpc) is 2.88. The lowest BCUT2D eigenvalue weighted by atomic mass is 9.89. The van der Waals surface area contributed by atoms with E-state index in [-0.39, 0.29) is 5.60 Å². The molecule has 3 heterocycles. The van der Waals surface area contributed by atoms with Crippen LogP contribution in [0.15, 0.2) is 6.20 Å². The number of aryl methyl sites for hydroxylation is 2. The van der Waals surface area contributed by atoms with Crippen molar-refractivity contribution in [2.24, 2.45) is 7.05 Å². The lowest BCUT2D eigenvalue weighted by Crippen LogP contribution is -2.44. The van der Waals surface area contributed by atoms with Crippen molar-refractivity contribution in [3.8, 4) is 0 Å². The van der Waals surface area contributed by atoms with E-state index in [9.17, 15) is 0 Å². The summed E-state index contributed by atoms with van der Waals surface area (Å²) in [6.45, 7) is 4.44. The lowest BCUT2D eigenvalue weighted by molar-refractivity contribution is -0.0828. The molecule has 2 atom stereocenters. The lowest BCUT2D eigenvalue weighted by Gasteiger charge is -2.37. The highest BCUT2D eigenvalue weighted by Gasteiger charge is 2.41. The van der Waals surface area contributed by atoms with Crippen LogP contribution in [0.5, 0.6) is 0 Å². The van der Waals surface area contributed by atoms with E-state index < -0.39 is 0 Å². The standard InChI is InChI=1S/C13H21N3O2/c1-10-12(8-16(2)15-10)14-11-3-5-18-13(7-11)4-6-17-9-13/h8,11,14H,3-7,9H2,1-2H3. The monoisotopic (exact) mass is 251 g/mol. The molecule has 0 aromatic carbocycles. The first-order chi connectivity index (χ1) is 8.67. The predicted octanol–water partition coefficient (Wildman–Crippen LogP) is 1.48. The van der Waals surface area contributed by atoms with Crippen LogP contribution in [0.4, 0.5) is 5.69 Å². The van der Waals surface area contributed by atoms with Crippen molar-refractivity contribution in [1.29, 1.82) is 0 Å². The van der Waals surface area contributed by atoms with Crippen molar-refractivity contribution in [2.75, 3.05) is 25.1 Å². The minimum atomic E-state index is -0.0357. The highest BCUT2D eigenvalue weighted by atomic mass is 16.6. The van der Waals surface area contributed by atoms with Crippen LogP contribution in [0, 0.1) is 6.92 Å². The molecule has 2 aliphatic heterocycles. The molecule has 0 saturated carbocycles. The molecule has 0 amide bonds. The van der Waals surface area contributed by atoms with E-state index in [1.54, 1.807) is 0 Å². The van der Waals surface area contributed by atoms with Crippen LogP contribution in [-0.4, -0.2) is 41.2 Å². The molecule has 2 unspecified atom stereocenters. The van der Waals surface area contributed by atoms with Crippen molar-refractivity contribution in [2.45, 2.75) is 37.8 Å². The molecule has 18 heavy (non-hydrogen) atoms.